The lowest BCUT2D eigenvalue weighted by Gasteiger charge is -2.28. The summed E-state index contributed by atoms with van der Waals surface area (Å²) in [6.07, 6.45) is 3.78. The Bertz CT molecular complexity index is 501. The van der Waals surface area contributed by atoms with Crippen molar-refractivity contribution in [3.63, 3.8) is 0 Å². The third-order valence-electron chi connectivity index (χ3n) is 3.94. The average Bonchev–Trinajstić information content (AvgIpc) is 2.62. The van der Waals surface area contributed by atoms with Crippen molar-refractivity contribution >= 4 is 21.8 Å². The molecule has 2 atom stereocenters. The molecule has 0 saturated heterocycles. The van der Waals surface area contributed by atoms with E-state index < -0.39 is 27.9 Å². The van der Waals surface area contributed by atoms with Crippen molar-refractivity contribution in [2.24, 2.45) is 5.41 Å². The Balaban J connectivity index is 2.55. The van der Waals surface area contributed by atoms with Crippen molar-refractivity contribution in [1.29, 1.82) is 0 Å². The Morgan fingerprint density at radius 3 is 2.43 bits per heavy atom. The van der Waals surface area contributed by atoms with Gasteiger partial charge in [-0.2, -0.15) is 0 Å². The molecule has 0 heterocycles. The Morgan fingerprint density at radius 2 is 2.00 bits per heavy atom. The minimum atomic E-state index is -3.26. The van der Waals surface area contributed by atoms with Gasteiger partial charge in [0.05, 0.1) is 5.75 Å². The van der Waals surface area contributed by atoms with Gasteiger partial charge in [0, 0.05) is 12.3 Å². The lowest BCUT2D eigenvalue weighted by molar-refractivity contribution is -0.139. The molecule has 0 spiro atoms. The summed E-state index contributed by atoms with van der Waals surface area (Å²) in [4.78, 5) is 23.0. The van der Waals surface area contributed by atoms with Crippen molar-refractivity contribution in [3.8, 4) is 0 Å². The topological polar surface area (TPSA) is 113 Å². The van der Waals surface area contributed by atoms with Gasteiger partial charge in [-0.05, 0) is 24.7 Å². The largest absolute Gasteiger partial charge is 0.480 e. The highest BCUT2D eigenvalue weighted by molar-refractivity contribution is 7.90. The molecule has 1 saturated carbocycles. The number of nitrogens with one attached hydrogen (secondary N) is 2. The molecule has 2 unspecified atom stereocenters. The van der Waals surface area contributed by atoms with Crippen LogP contribution in [0.2, 0.25) is 0 Å². The van der Waals surface area contributed by atoms with E-state index >= 15 is 0 Å². The highest BCUT2D eigenvalue weighted by atomic mass is 32.2. The molecule has 0 aromatic rings. The van der Waals surface area contributed by atoms with Crippen LogP contribution in [0.5, 0.6) is 0 Å². The summed E-state index contributed by atoms with van der Waals surface area (Å²) in [5, 5.41) is 14.2. The van der Waals surface area contributed by atoms with E-state index in [9.17, 15) is 18.0 Å². The highest BCUT2D eigenvalue weighted by Crippen LogP contribution is 2.37. The second-order valence-corrected chi connectivity index (χ2v) is 8.62. The number of carbonyl (C=O) groups is 2. The molecular formula is C13H24N2O5S. The minimum absolute atomic E-state index is 0.00172. The van der Waals surface area contributed by atoms with Gasteiger partial charge in [-0.15, -0.1) is 0 Å². The monoisotopic (exact) mass is 320 g/mol. The van der Waals surface area contributed by atoms with E-state index in [0.717, 1.165) is 25.5 Å². The summed E-state index contributed by atoms with van der Waals surface area (Å²) in [5.41, 5.74) is -0.0111. The number of carboxylic acids is 1. The van der Waals surface area contributed by atoms with E-state index in [-0.39, 0.29) is 23.6 Å². The molecule has 0 aromatic heterocycles. The lowest BCUT2D eigenvalue weighted by Crippen LogP contribution is -2.51. The van der Waals surface area contributed by atoms with Crippen LogP contribution in [0.15, 0.2) is 0 Å². The van der Waals surface area contributed by atoms with Crippen LogP contribution in [-0.2, 0) is 14.6 Å². The first-order valence-corrected chi connectivity index (χ1v) is 9.05. The second kappa shape index (κ2) is 6.64. The smallest absolute Gasteiger partial charge is 0.326 e. The molecule has 1 fully saturated rings. The number of hydrogen-bond donors (Lipinski definition) is 3. The molecule has 0 radical (unpaired) electrons. The molecule has 1 aliphatic carbocycles. The number of hydrogen-bond acceptors (Lipinski definition) is 4. The summed E-state index contributed by atoms with van der Waals surface area (Å²) in [6, 6.07) is -1.76. The van der Waals surface area contributed by atoms with E-state index in [1.54, 1.807) is 0 Å². The zero-order chi connectivity index (χ0) is 16.3. The van der Waals surface area contributed by atoms with Crippen molar-refractivity contribution in [1.82, 2.24) is 10.6 Å². The van der Waals surface area contributed by atoms with Gasteiger partial charge in [-0.25, -0.2) is 18.0 Å². The van der Waals surface area contributed by atoms with Gasteiger partial charge in [-0.1, -0.05) is 20.3 Å². The molecule has 3 N–H and O–H groups in total. The normalized spacial score (nSPS) is 22.5. The number of urea groups is 1. The van der Waals surface area contributed by atoms with E-state index in [1.165, 1.54) is 0 Å². The Kier molecular flexibility index (Phi) is 5.61. The minimum Gasteiger partial charge on any atom is -0.480 e. The first-order chi connectivity index (χ1) is 9.51. The summed E-state index contributed by atoms with van der Waals surface area (Å²) in [6.45, 7) is 4.12. The van der Waals surface area contributed by atoms with Gasteiger partial charge in [0.1, 0.15) is 15.9 Å². The summed E-state index contributed by atoms with van der Waals surface area (Å²) in [5.74, 6) is -1.52. The maximum atomic E-state index is 11.9. The highest BCUT2D eigenvalue weighted by Gasteiger charge is 2.35. The maximum Gasteiger partial charge on any atom is 0.326 e. The van der Waals surface area contributed by atoms with Crippen LogP contribution in [0.3, 0.4) is 0 Å². The second-order valence-electron chi connectivity index (χ2n) is 6.36. The fourth-order valence-electron chi connectivity index (χ4n) is 2.54. The summed E-state index contributed by atoms with van der Waals surface area (Å²) in [7, 11) is -3.26. The molecule has 1 rings (SSSR count). The van der Waals surface area contributed by atoms with Crippen LogP contribution in [0, 0.1) is 5.41 Å². The fourth-order valence-corrected chi connectivity index (χ4v) is 3.21. The zero-order valence-electron chi connectivity index (χ0n) is 12.7. The van der Waals surface area contributed by atoms with Crippen molar-refractivity contribution in [3.05, 3.63) is 0 Å². The van der Waals surface area contributed by atoms with Crippen LogP contribution >= 0.6 is 0 Å². The zero-order valence-corrected chi connectivity index (χ0v) is 13.5. The average molecular weight is 320 g/mol. The van der Waals surface area contributed by atoms with Gasteiger partial charge in [0.25, 0.3) is 0 Å². The first-order valence-electron chi connectivity index (χ1n) is 6.99. The quantitative estimate of drug-likeness (QED) is 0.668. The van der Waals surface area contributed by atoms with Crippen molar-refractivity contribution < 1.29 is 23.1 Å². The van der Waals surface area contributed by atoms with Crippen LogP contribution in [0.25, 0.3) is 0 Å². The molecule has 0 aliphatic heterocycles. The summed E-state index contributed by atoms with van der Waals surface area (Å²) >= 11 is 0. The van der Waals surface area contributed by atoms with Gasteiger partial charge in [0.2, 0.25) is 0 Å². The molecule has 21 heavy (non-hydrogen) atoms. The SMILES string of the molecule is CC1(C)CCCC1NC(=O)NC(CCS(C)(=O)=O)C(=O)O. The van der Waals surface area contributed by atoms with E-state index in [0.29, 0.717) is 0 Å². The predicted molar refractivity (Wildman–Crippen MR) is 78.8 cm³/mol. The number of rotatable bonds is 6. The maximum absolute atomic E-state index is 11.9. The van der Waals surface area contributed by atoms with E-state index in [2.05, 4.69) is 24.5 Å². The molecule has 1 aliphatic rings. The molecule has 2 amide bonds. The molecular weight excluding hydrogens is 296 g/mol. The fraction of sp³-hybridized carbons (Fsp3) is 0.846. The molecule has 0 bridgehead atoms. The molecule has 7 nitrogen and oxygen atoms in total. The Labute approximate surface area is 125 Å². The van der Waals surface area contributed by atoms with Gasteiger partial charge >= 0.3 is 12.0 Å². The van der Waals surface area contributed by atoms with Crippen molar-refractivity contribution in [2.75, 3.05) is 12.0 Å². The number of amides is 2. The number of carboxylic acid groups (broad SMARTS) is 1. The number of aliphatic carboxylic acids is 1. The Morgan fingerprint density at radius 1 is 1.38 bits per heavy atom. The van der Waals surface area contributed by atoms with Crippen LogP contribution in [-0.4, -0.2) is 49.6 Å². The van der Waals surface area contributed by atoms with E-state index in [4.69, 9.17) is 5.11 Å². The van der Waals surface area contributed by atoms with Crippen LogP contribution in [0.1, 0.15) is 39.5 Å². The molecule has 8 heteroatoms. The van der Waals surface area contributed by atoms with E-state index in [1.807, 2.05) is 0 Å². The Hall–Kier alpha value is -1.31. The standard InChI is InChI=1S/C13H24N2O5S/c1-13(2)7-4-5-10(13)15-12(18)14-9(11(16)17)6-8-21(3,19)20/h9-10H,4-8H2,1-3H3,(H,16,17)(H2,14,15,18). The summed E-state index contributed by atoms with van der Waals surface area (Å²) < 4.78 is 22.2. The van der Waals surface area contributed by atoms with Crippen LogP contribution < -0.4 is 10.6 Å². The third-order valence-corrected chi connectivity index (χ3v) is 4.92. The number of carbonyl (C=O) groups excluding carboxylic acids is 1. The first kappa shape index (κ1) is 17.7. The molecule has 122 valence electrons. The lowest BCUT2D eigenvalue weighted by atomic mass is 9.87. The van der Waals surface area contributed by atoms with Gasteiger partial charge < -0.3 is 15.7 Å². The molecule has 0 aromatic carbocycles. The predicted octanol–water partition coefficient (Wildman–Crippen LogP) is 0.752. The third kappa shape index (κ3) is 5.91. The van der Waals surface area contributed by atoms with Crippen molar-refractivity contribution in [2.45, 2.75) is 51.6 Å². The van der Waals surface area contributed by atoms with Gasteiger partial charge in [-0.3, -0.25) is 0 Å². The van der Waals surface area contributed by atoms with Crippen LogP contribution in [0.4, 0.5) is 4.79 Å². The van der Waals surface area contributed by atoms with Gasteiger partial charge in [0.15, 0.2) is 0 Å². The number of sulfone groups is 1.